The number of hydrogen-bond donors (Lipinski definition) is 1. The second-order valence-corrected chi connectivity index (χ2v) is 5.55. The fourth-order valence-electron chi connectivity index (χ4n) is 3.09. The Kier molecular flexibility index (Phi) is 4.02. The van der Waals surface area contributed by atoms with Crippen LogP contribution in [-0.2, 0) is 5.67 Å². The Morgan fingerprint density at radius 1 is 0.952 bits per heavy atom. The monoisotopic (exact) mass is 287 g/mol. The summed E-state index contributed by atoms with van der Waals surface area (Å²) >= 11 is 0. The molecule has 2 aromatic carbocycles. The molecule has 21 heavy (non-hydrogen) atoms. The molecule has 110 valence electrons. The molecule has 0 aliphatic carbocycles. The Hall–Kier alpha value is -1.74. The fourth-order valence-corrected chi connectivity index (χ4v) is 3.09. The molecule has 0 aromatic heterocycles. The molecule has 0 unspecified atom stereocenters. The second-order valence-electron chi connectivity index (χ2n) is 5.55. The molecule has 2 aromatic rings. The summed E-state index contributed by atoms with van der Waals surface area (Å²) in [4.78, 5) is 0. The van der Waals surface area contributed by atoms with Gasteiger partial charge in [-0.05, 0) is 30.5 Å². The van der Waals surface area contributed by atoms with Crippen molar-refractivity contribution in [3.8, 4) is 0 Å². The van der Waals surface area contributed by atoms with Crippen molar-refractivity contribution in [2.45, 2.75) is 30.7 Å². The molecule has 0 saturated carbocycles. The van der Waals surface area contributed by atoms with E-state index in [1.54, 1.807) is 48.5 Å². The molecule has 0 bridgehead atoms. The molecule has 1 aliphatic heterocycles. The van der Waals surface area contributed by atoms with Gasteiger partial charge in [-0.25, -0.2) is 8.78 Å². The average molecular weight is 287 g/mol. The fraction of sp³-hybridized carbons (Fsp3) is 0.333. The number of halogens is 2. The molecule has 3 heteroatoms. The quantitative estimate of drug-likeness (QED) is 0.896. The van der Waals surface area contributed by atoms with Crippen LogP contribution in [-0.4, -0.2) is 18.8 Å². The summed E-state index contributed by atoms with van der Waals surface area (Å²) in [7, 11) is 0. The first-order valence-corrected chi connectivity index (χ1v) is 7.40. The molecular weight excluding hydrogens is 268 g/mol. The third-order valence-corrected chi connectivity index (χ3v) is 4.22. The van der Waals surface area contributed by atoms with Gasteiger partial charge in [0, 0.05) is 6.04 Å². The van der Waals surface area contributed by atoms with Gasteiger partial charge in [0.1, 0.15) is 0 Å². The molecule has 1 aliphatic rings. The van der Waals surface area contributed by atoms with Crippen LogP contribution in [0.4, 0.5) is 8.78 Å². The SMILES string of the molecule is F[C@H]([C@@H]1CCCN1)C(F)(c1ccccc1)c1ccccc1. The van der Waals surface area contributed by atoms with Gasteiger partial charge in [-0.1, -0.05) is 60.7 Å². The topological polar surface area (TPSA) is 12.0 Å². The number of alkyl halides is 2. The highest BCUT2D eigenvalue weighted by atomic mass is 19.2. The van der Waals surface area contributed by atoms with Gasteiger partial charge >= 0.3 is 0 Å². The van der Waals surface area contributed by atoms with Crippen LogP contribution >= 0.6 is 0 Å². The van der Waals surface area contributed by atoms with Gasteiger partial charge in [0.2, 0.25) is 0 Å². The van der Waals surface area contributed by atoms with E-state index in [0.717, 1.165) is 13.0 Å². The minimum Gasteiger partial charge on any atom is -0.311 e. The van der Waals surface area contributed by atoms with Crippen LogP contribution in [0.15, 0.2) is 60.7 Å². The van der Waals surface area contributed by atoms with Gasteiger partial charge in [-0.15, -0.1) is 0 Å². The van der Waals surface area contributed by atoms with Crippen molar-refractivity contribution >= 4 is 0 Å². The Morgan fingerprint density at radius 3 is 1.90 bits per heavy atom. The van der Waals surface area contributed by atoms with Crippen LogP contribution in [0, 0.1) is 0 Å². The average Bonchev–Trinajstić information content (AvgIpc) is 3.09. The van der Waals surface area contributed by atoms with Gasteiger partial charge < -0.3 is 5.32 Å². The van der Waals surface area contributed by atoms with Gasteiger partial charge in [-0.3, -0.25) is 0 Å². The van der Waals surface area contributed by atoms with E-state index >= 15 is 8.78 Å². The highest BCUT2D eigenvalue weighted by Crippen LogP contribution is 2.41. The number of rotatable bonds is 4. The maximum absolute atomic E-state index is 15.9. The minimum atomic E-state index is -2.12. The minimum absolute atomic E-state index is 0.373. The van der Waals surface area contributed by atoms with Crippen molar-refractivity contribution in [3.05, 3.63) is 71.8 Å². The van der Waals surface area contributed by atoms with Crippen molar-refractivity contribution in [2.24, 2.45) is 0 Å². The highest BCUT2D eigenvalue weighted by molar-refractivity contribution is 5.38. The summed E-state index contributed by atoms with van der Waals surface area (Å²) in [5.74, 6) is 0. The van der Waals surface area contributed by atoms with Gasteiger partial charge in [0.15, 0.2) is 11.8 Å². The zero-order valence-corrected chi connectivity index (χ0v) is 11.8. The summed E-state index contributed by atoms with van der Waals surface area (Å²) in [6.07, 6.45) is -0.0400. The van der Waals surface area contributed by atoms with E-state index < -0.39 is 17.9 Å². The Balaban J connectivity index is 2.06. The summed E-state index contributed by atoms with van der Waals surface area (Å²) in [5.41, 5.74) is -1.38. The molecule has 1 N–H and O–H groups in total. The second kappa shape index (κ2) is 5.94. The summed E-state index contributed by atoms with van der Waals surface area (Å²) in [6, 6.07) is 16.8. The van der Waals surface area contributed by atoms with E-state index in [2.05, 4.69) is 5.32 Å². The lowest BCUT2D eigenvalue weighted by Gasteiger charge is -2.33. The Labute approximate surface area is 124 Å². The molecule has 1 saturated heterocycles. The van der Waals surface area contributed by atoms with E-state index in [9.17, 15) is 0 Å². The predicted molar refractivity (Wildman–Crippen MR) is 80.7 cm³/mol. The maximum Gasteiger partial charge on any atom is 0.193 e. The van der Waals surface area contributed by atoms with E-state index in [-0.39, 0.29) is 0 Å². The van der Waals surface area contributed by atoms with Gasteiger partial charge in [0.25, 0.3) is 0 Å². The third-order valence-electron chi connectivity index (χ3n) is 4.22. The first-order chi connectivity index (χ1) is 10.2. The van der Waals surface area contributed by atoms with E-state index in [4.69, 9.17) is 0 Å². The van der Waals surface area contributed by atoms with E-state index in [1.165, 1.54) is 0 Å². The van der Waals surface area contributed by atoms with Crippen LogP contribution in [0.2, 0.25) is 0 Å². The molecule has 1 fully saturated rings. The Morgan fingerprint density at radius 2 is 1.48 bits per heavy atom. The first-order valence-electron chi connectivity index (χ1n) is 7.40. The molecule has 1 heterocycles. The van der Waals surface area contributed by atoms with Crippen molar-refractivity contribution in [1.82, 2.24) is 5.32 Å². The molecule has 0 amide bonds. The van der Waals surface area contributed by atoms with Crippen LogP contribution in [0.3, 0.4) is 0 Å². The van der Waals surface area contributed by atoms with Crippen LogP contribution < -0.4 is 5.32 Å². The van der Waals surface area contributed by atoms with Gasteiger partial charge in [-0.2, -0.15) is 0 Å². The standard InChI is InChI=1S/C18H19F2N/c19-17(16-12-7-13-21-16)18(20,14-8-3-1-4-9-14)15-10-5-2-6-11-15/h1-6,8-11,16-17,21H,7,12-13H2/t16-,17+/m0/s1. The molecule has 3 rings (SSSR count). The van der Waals surface area contributed by atoms with E-state index in [0.29, 0.717) is 17.5 Å². The summed E-state index contributed by atoms with van der Waals surface area (Å²) < 4.78 is 31.0. The van der Waals surface area contributed by atoms with E-state index in [1.807, 2.05) is 12.1 Å². The number of hydrogen-bond acceptors (Lipinski definition) is 1. The van der Waals surface area contributed by atoms with Crippen LogP contribution in [0.1, 0.15) is 24.0 Å². The molecule has 0 radical (unpaired) electrons. The number of benzene rings is 2. The lowest BCUT2D eigenvalue weighted by molar-refractivity contribution is 0.0614. The maximum atomic E-state index is 15.9. The third kappa shape index (κ3) is 2.58. The Bertz CT molecular complexity index is 525. The summed E-state index contributed by atoms with van der Waals surface area (Å²) in [5, 5.41) is 3.09. The van der Waals surface area contributed by atoms with Crippen molar-refractivity contribution in [2.75, 3.05) is 6.54 Å². The van der Waals surface area contributed by atoms with Gasteiger partial charge in [0.05, 0.1) is 0 Å². The predicted octanol–water partition coefficient (Wildman–Crippen LogP) is 3.99. The smallest absolute Gasteiger partial charge is 0.193 e. The molecule has 2 atom stereocenters. The lowest BCUT2D eigenvalue weighted by Crippen LogP contribution is -2.45. The van der Waals surface area contributed by atoms with Crippen molar-refractivity contribution in [3.63, 3.8) is 0 Å². The normalized spacial score (nSPS) is 20.4. The first kappa shape index (κ1) is 14.2. The zero-order chi connectivity index (χ0) is 14.7. The van der Waals surface area contributed by atoms with Crippen LogP contribution in [0.5, 0.6) is 0 Å². The van der Waals surface area contributed by atoms with Crippen molar-refractivity contribution in [1.29, 1.82) is 0 Å². The molecule has 0 spiro atoms. The highest BCUT2D eigenvalue weighted by Gasteiger charge is 2.47. The lowest BCUT2D eigenvalue weighted by atomic mass is 9.81. The number of nitrogens with one attached hydrogen (secondary N) is 1. The van der Waals surface area contributed by atoms with Crippen LogP contribution in [0.25, 0.3) is 0 Å². The molecule has 1 nitrogen and oxygen atoms in total. The summed E-state index contributed by atoms with van der Waals surface area (Å²) in [6.45, 7) is 0.755. The molecular formula is C18H19F2N. The zero-order valence-electron chi connectivity index (χ0n) is 11.8. The largest absolute Gasteiger partial charge is 0.311 e. The van der Waals surface area contributed by atoms with Crippen molar-refractivity contribution < 1.29 is 8.78 Å².